The molecule has 0 aromatic rings. The zero-order chi connectivity index (χ0) is 20.8. The lowest BCUT2D eigenvalue weighted by molar-refractivity contribution is -0.361. The molecule has 0 aliphatic heterocycles. The van der Waals surface area contributed by atoms with E-state index in [-0.39, 0.29) is 19.4 Å². The van der Waals surface area contributed by atoms with Gasteiger partial charge in [0.1, 0.15) is 5.75 Å². The van der Waals surface area contributed by atoms with Gasteiger partial charge in [-0.2, -0.15) is 34.8 Å². The van der Waals surface area contributed by atoms with Gasteiger partial charge in [-0.05, 0) is 12.8 Å². The van der Waals surface area contributed by atoms with Crippen LogP contribution in [0.4, 0.5) is 26.3 Å². The fourth-order valence-corrected chi connectivity index (χ4v) is 2.47. The second kappa shape index (κ2) is 8.70. The van der Waals surface area contributed by atoms with Crippen LogP contribution in [-0.4, -0.2) is 55.2 Å². The number of hydrogen-bond donors (Lipinski definition) is 1. The van der Waals surface area contributed by atoms with Crippen LogP contribution in [0.2, 0.25) is 0 Å². The summed E-state index contributed by atoms with van der Waals surface area (Å²) >= 11 is 0. The van der Waals surface area contributed by atoms with E-state index in [9.17, 15) is 44.3 Å². The molecule has 0 saturated heterocycles. The summed E-state index contributed by atoms with van der Waals surface area (Å²) in [4.78, 5) is 22.1. The number of hydrogen-bond acceptors (Lipinski definition) is 6. The maximum absolute atomic E-state index is 12.9. The number of halogens is 6. The number of alkyl halides is 6. The van der Waals surface area contributed by atoms with Crippen molar-refractivity contribution in [3.05, 3.63) is 12.7 Å². The molecule has 0 unspecified atom stereocenters. The van der Waals surface area contributed by atoms with Gasteiger partial charge in [0.15, 0.2) is 0 Å². The van der Waals surface area contributed by atoms with Crippen LogP contribution in [0.25, 0.3) is 0 Å². The molecule has 0 aliphatic rings. The number of carbonyl (C=O) groups excluding carboxylic acids is 2. The van der Waals surface area contributed by atoms with E-state index in [1.807, 2.05) is 0 Å². The first kappa shape index (κ1) is 24.2. The van der Waals surface area contributed by atoms with Gasteiger partial charge < -0.3 is 9.47 Å². The third kappa shape index (κ3) is 7.19. The maximum atomic E-state index is 12.9. The van der Waals surface area contributed by atoms with Crippen molar-refractivity contribution >= 4 is 22.1 Å². The Morgan fingerprint density at radius 1 is 1.04 bits per heavy atom. The van der Waals surface area contributed by atoms with E-state index < -0.39 is 52.2 Å². The molecule has 26 heavy (non-hydrogen) atoms. The van der Waals surface area contributed by atoms with E-state index in [4.69, 9.17) is 4.55 Å². The number of esters is 2. The molecule has 0 rings (SSSR count). The lowest BCUT2D eigenvalue weighted by Crippen LogP contribution is -2.63. The smallest absolute Gasteiger partial charge is 0.438 e. The predicted octanol–water partition coefficient (Wildman–Crippen LogP) is 2.18. The van der Waals surface area contributed by atoms with Crippen molar-refractivity contribution in [2.24, 2.45) is 0 Å². The van der Waals surface area contributed by atoms with Gasteiger partial charge >= 0.3 is 29.9 Å². The van der Waals surface area contributed by atoms with Crippen molar-refractivity contribution in [3.8, 4) is 0 Å². The molecule has 0 heterocycles. The summed E-state index contributed by atoms with van der Waals surface area (Å²) in [7, 11) is -5.82. The summed E-state index contributed by atoms with van der Waals surface area (Å²) in [6, 6.07) is 0. The topological polar surface area (TPSA) is 107 Å². The summed E-state index contributed by atoms with van der Waals surface area (Å²) in [5, 5.41) is 0. The Bertz CT molecular complexity index is 609. The Labute approximate surface area is 143 Å². The van der Waals surface area contributed by atoms with Crippen LogP contribution in [0.3, 0.4) is 0 Å². The molecule has 0 radical (unpaired) electrons. The van der Waals surface area contributed by atoms with Crippen molar-refractivity contribution in [2.75, 3.05) is 12.4 Å². The van der Waals surface area contributed by atoms with Crippen LogP contribution in [-0.2, 0) is 29.2 Å². The molecule has 7 nitrogen and oxygen atoms in total. The SMILES string of the molecule is C=CC(=O)OCCCCC(=O)OC(CS(=O)(=O)O)(C(F)(F)F)C(F)(F)F. The maximum Gasteiger partial charge on any atom is 0.438 e. The van der Waals surface area contributed by atoms with Gasteiger partial charge in [-0.3, -0.25) is 9.35 Å². The molecule has 0 bridgehead atoms. The summed E-state index contributed by atoms with van der Waals surface area (Å²) in [6.07, 6.45) is -13.3. The molecule has 0 fully saturated rings. The van der Waals surface area contributed by atoms with Gasteiger partial charge in [-0.15, -0.1) is 0 Å². The van der Waals surface area contributed by atoms with Gasteiger partial charge in [-0.25, -0.2) is 4.79 Å². The van der Waals surface area contributed by atoms with E-state index in [1.54, 1.807) is 0 Å². The Morgan fingerprint density at radius 2 is 1.54 bits per heavy atom. The molecule has 1 N–H and O–H groups in total. The first-order valence-corrected chi connectivity index (χ1v) is 8.26. The van der Waals surface area contributed by atoms with Gasteiger partial charge in [0.25, 0.3) is 10.1 Å². The van der Waals surface area contributed by atoms with Crippen molar-refractivity contribution in [1.29, 1.82) is 0 Å². The number of unbranched alkanes of at least 4 members (excludes halogenated alkanes) is 1. The first-order chi connectivity index (χ1) is 11.6. The highest BCUT2D eigenvalue weighted by molar-refractivity contribution is 7.85. The summed E-state index contributed by atoms with van der Waals surface area (Å²) in [6.45, 7) is 2.79. The Morgan fingerprint density at radius 3 is 1.92 bits per heavy atom. The van der Waals surface area contributed by atoms with Crippen LogP contribution >= 0.6 is 0 Å². The highest BCUT2D eigenvalue weighted by Crippen LogP contribution is 2.47. The summed E-state index contributed by atoms with van der Waals surface area (Å²) in [5.41, 5.74) is -5.42. The van der Waals surface area contributed by atoms with Gasteiger partial charge in [-0.1, -0.05) is 6.58 Å². The molecule has 0 amide bonds. The third-order valence-electron chi connectivity index (χ3n) is 2.78. The molecule has 152 valence electrons. The minimum Gasteiger partial charge on any atom is -0.463 e. The average Bonchev–Trinajstić information content (AvgIpc) is 2.41. The van der Waals surface area contributed by atoms with Crippen molar-refractivity contribution < 1.29 is 58.4 Å². The largest absolute Gasteiger partial charge is 0.463 e. The fraction of sp³-hybridized carbons (Fsp3) is 0.667. The van der Waals surface area contributed by atoms with Crippen LogP contribution in [0.1, 0.15) is 19.3 Å². The molecule has 0 saturated carbocycles. The standard InChI is InChI=1S/C12H14F6O7S/c1-2-8(19)24-6-4-3-5-9(20)25-10(11(13,14)15,12(16,17)18)7-26(21,22)23/h2H,1,3-7H2,(H,21,22,23). The molecule has 0 aromatic carbocycles. The molecule has 0 aliphatic carbocycles. The highest BCUT2D eigenvalue weighted by Gasteiger charge is 2.75. The zero-order valence-corrected chi connectivity index (χ0v) is 13.7. The van der Waals surface area contributed by atoms with Gasteiger partial charge in [0.05, 0.1) is 6.61 Å². The Balaban J connectivity index is 5.17. The third-order valence-corrected chi connectivity index (χ3v) is 3.55. The van der Waals surface area contributed by atoms with E-state index in [0.29, 0.717) is 0 Å². The molecule has 0 spiro atoms. The second-order valence-electron chi connectivity index (χ2n) is 4.85. The number of carbonyl (C=O) groups is 2. The number of rotatable bonds is 9. The Hall–Kier alpha value is -1.83. The minimum atomic E-state index is -6.36. The number of ether oxygens (including phenoxy) is 2. The van der Waals surface area contributed by atoms with Crippen LogP contribution in [0.5, 0.6) is 0 Å². The highest BCUT2D eigenvalue weighted by atomic mass is 32.2. The fourth-order valence-electron chi connectivity index (χ4n) is 1.57. The van der Waals surface area contributed by atoms with Gasteiger partial charge in [0, 0.05) is 12.5 Å². The molecular weight excluding hydrogens is 402 g/mol. The molecular formula is C12H14F6O7S. The first-order valence-electron chi connectivity index (χ1n) is 6.65. The normalized spacial score (nSPS) is 13.2. The summed E-state index contributed by atoms with van der Waals surface area (Å²) < 4.78 is 115. The monoisotopic (exact) mass is 416 g/mol. The predicted molar refractivity (Wildman–Crippen MR) is 72.4 cm³/mol. The van der Waals surface area contributed by atoms with Crippen LogP contribution < -0.4 is 0 Å². The van der Waals surface area contributed by atoms with Crippen molar-refractivity contribution in [2.45, 2.75) is 37.2 Å². The molecule has 0 aromatic heterocycles. The lowest BCUT2D eigenvalue weighted by Gasteiger charge is -2.35. The van der Waals surface area contributed by atoms with Crippen molar-refractivity contribution in [1.82, 2.24) is 0 Å². The van der Waals surface area contributed by atoms with E-state index >= 15 is 0 Å². The van der Waals surface area contributed by atoms with E-state index in [2.05, 4.69) is 16.1 Å². The second-order valence-corrected chi connectivity index (χ2v) is 6.30. The average molecular weight is 416 g/mol. The van der Waals surface area contributed by atoms with Crippen LogP contribution in [0.15, 0.2) is 12.7 Å². The minimum absolute atomic E-state index is 0.0992. The van der Waals surface area contributed by atoms with E-state index in [0.717, 1.165) is 6.08 Å². The quantitative estimate of drug-likeness (QED) is 0.202. The van der Waals surface area contributed by atoms with Crippen molar-refractivity contribution in [3.63, 3.8) is 0 Å². The van der Waals surface area contributed by atoms with Crippen LogP contribution in [0, 0.1) is 0 Å². The van der Waals surface area contributed by atoms with Gasteiger partial charge in [0.2, 0.25) is 0 Å². The molecule has 14 heteroatoms. The Kier molecular flexibility index (Phi) is 8.09. The van der Waals surface area contributed by atoms with E-state index in [1.165, 1.54) is 0 Å². The summed E-state index contributed by atoms with van der Waals surface area (Å²) in [5.74, 6) is -5.76. The zero-order valence-electron chi connectivity index (χ0n) is 12.9. The lowest BCUT2D eigenvalue weighted by atomic mass is 10.1. The molecule has 0 atom stereocenters.